The highest BCUT2D eigenvalue weighted by atomic mass is 16.3. The SMILES string of the molecule is CCCC(O)CNCCC(N)=O. The lowest BCUT2D eigenvalue weighted by molar-refractivity contribution is -0.117. The third-order valence-electron chi connectivity index (χ3n) is 1.55. The first-order valence-electron chi connectivity index (χ1n) is 4.34. The third-order valence-corrected chi connectivity index (χ3v) is 1.55. The summed E-state index contributed by atoms with van der Waals surface area (Å²) in [5.41, 5.74) is 4.93. The zero-order valence-corrected chi connectivity index (χ0v) is 7.55. The fourth-order valence-corrected chi connectivity index (χ4v) is 0.916. The van der Waals surface area contributed by atoms with Crippen LogP contribution in [-0.2, 0) is 4.79 Å². The first-order valence-corrected chi connectivity index (χ1v) is 4.34. The summed E-state index contributed by atoms with van der Waals surface area (Å²) in [6, 6.07) is 0. The van der Waals surface area contributed by atoms with Gasteiger partial charge in [-0.05, 0) is 6.42 Å². The van der Waals surface area contributed by atoms with Crippen LogP contribution in [0.2, 0.25) is 0 Å². The van der Waals surface area contributed by atoms with Gasteiger partial charge < -0.3 is 16.2 Å². The highest BCUT2D eigenvalue weighted by Gasteiger charge is 2.01. The Balaban J connectivity index is 3.13. The molecule has 0 aromatic heterocycles. The number of hydrogen-bond acceptors (Lipinski definition) is 3. The van der Waals surface area contributed by atoms with E-state index in [1.54, 1.807) is 0 Å². The Morgan fingerprint density at radius 3 is 2.83 bits per heavy atom. The number of amides is 1. The van der Waals surface area contributed by atoms with Crippen LogP contribution in [0.25, 0.3) is 0 Å². The number of nitrogens with one attached hydrogen (secondary N) is 1. The molecular weight excluding hydrogens is 156 g/mol. The van der Waals surface area contributed by atoms with Crippen LogP contribution in [0.1, 0.15) is 26.2 Å². The molecule has 0 aliphatic heterocycles. The Labute approximate surface area is 73.1 Å². The molecule has 72 valence electrons. The molecule has 0 radical (unpaired) electrons. The van der Waals surface area contributed by atoms with Gasteiger partial charge in [-0.3, -0.25) is 4.79 Å². The minimum atomic E-state index is -0.313. The molecule has 0 spiro atoms. The van der Waals surface area contributed by atoms with Crippen molar-refractivity contribution in [3.63, 3.8) is 0 Å². The second-order valence-electron chi connectivity index (χ2n) is 2.86. The van der Waals surface area contributed by atoms with E-state index in [9.17, 15) is 9.90 Å². The molecule has 4 nitrogen and oxygen atoms in total. The Hall–Kier alpha value is -0.610. The van der Waals surface area contributed by atoms with Gasteiger partial charge in [-0.1, -0.05) is 13.3 Å². The smallest absolute Gasteiger partial charge is 0.218 e. The summed E-state index contributed by atoms with van der Waals surface area (Å²) < 4.78 is 0. The van der Waals surface area contributed by atoms with Crippen LogP contribution in [0.3, 0.4) is 0 Å². The zero-order valence-electron chi connectivity index (χ0n) is 7.55. The van der Waals surface area contributed by atoms with E-state index in [0.717, 1.165) is 12.8 Å². The van der Waals surface area contributed by atoms with Crippen LogP contribution in [-0.4, -0.2) is 30.2 Å². The van der Waals surface area contributed by atoms with Gasteiger partial charge in [-0.25, -0.2) is 0 Å². The highest BCUT2D eigenvalue weighted by molar-refractivity contribution is 5.73. The Kier molecular flexibility index (Phi) is 6.70. The Bertz CT molecular complexity index is 128. The zero-order chi connectivity index (χ0) is 9.40. The maximum absolute atomic E-state index is 10.3. The minimum absolute atomic E-state index is 0.303. The average Bonchev–Trinajstić information content (AvgIpc) is 1.98. The van der Waals surface area contributed by atoms with Crippen molar-refractivity contribution < 1.29 is 9.90 Å². The Morgan fingerprint density at radius 2 is 2.33 bits per heavy atom. The van der Waals surface area contributed by atoms with Gasteiger partial charge in [0.15, 0.2) is 0 Å². The van der Waals surface area contributed by atoms with Gasteiger partial charge in [-0.15, -0.1) is 0 Å². The Morgan fingerprint density at radius 1 is 1.67 bits per heavy atom. The largest absolute Gasteiger partial charge is 0.392 e. The lowest BCUT2D eigenvalue weighted by Gasteiger charge is -2.09. The monoisotopic (exact) mass is 174 g/mol. The normalized spacial score (nSPS) is 12.8. The fourth-order valence-electron chi connectivity index (χ4n) is 0.916. The molecule has 0 bridgehead atoms. The minimum Gasteiger partial charge on any atom is -0.392 e. The van der Waals surface area contributed by atoms with Crippen molar-refractivity contribution in [3.05, 3.63) is 0 Å². The lowest BCUT2D eigenvalue weighted by Crippen LogP contribution is -2.29. The van der Waals surface area contributed by atoms with E-state index < -0.39 is 0 Å². The van der Waals surface area contributed by atoms with Crippen molar-refractivity contribution in [1.82, 2.24) is 5.32 Å². The summed E-state index contributed by atoms with van der Waals surface area (Å²) in [6.45, 7) is 3.11. The maximum Gasteiger partial charge on any atom is 0.218 e. The molecular formula is C8H18N2O2. The highest BCUT2D eigenvalue weighted by Crippen LogP contribution is 1.93. The van der Waals surface area contributed by atoms with Crippen LogP contribution >= 0.6 is 0 Å². The van der Waals surface area contributed by atoms with Crippen LogP contribution in [0.4, 0.5) is 0 Å². The topological polar surface area (TPSA) is 75.3 Å². The van der Waals surface area contributed by atoms with E-state index >= 15 is 0 Å². The summed E-state index contributed by atoms with van der Waals surface area (Å²) >= 11 is 0. The number of aliphatic hydroxyl groups is 1. The van der Waals surface area contributed by atoms with Crippen molar-refractivity contribution in [2.75, 3.05) is 13.1 Å². The van der Waals surface area contributed by atoms with E-state index in [1.807, 2.05) is 6.92 Å². The number of rotatable bonds is 7. The van der Waals surface area contributed by atoms with Gasteiger partial charge in [0.1, 0.15) is 0 Å². The van der Waals surface area contributed by atoms with Gasteiger partial charge in [0.25, 0.3) is 0 Å². The van der Waals surface area contributed by atoms with E-state index in [0.29, 0.717) is 19.5 Å². The van der Waals surface area contributed by atoms with Gasteiger partial charge in [-0.2, -0.15) is 0 Å². The molecule has 1 atom stereocenters. The van der Waals surface area contributed by atoms with E-state index in [2.05, 4.69) is 5.32 Å². The number of nitrogens with two attached hydrogens (primary N) is 1. The maximum atomic E-state index is 10.3. The molecule has 1 amide bonds. The van der Waals surface area contributed by atoms with Gasteiger partial charge in [0.2, 0.25) is 5.91 Å². The van der Waals surface area contributed by atoms with E-state index in [4.69, 9.17) is 5.73 Å². The molecule has 0 aromatic rings. The first kappa shape index (κ1) is 11.4. The molecule has 0 rings (SSSR count). The number of aliphatic hydroxyl groups excluding tert-OH is 1. The number of carbonyl (C=O) groups is 1. The van der Waals surface area contributed by atoms with Gasteiger partial charge in [0, 0.05) is 19.5 Å². The molecule has 0 aliphatic rings. The number of hydrogen-bond donors (Lipinski definition) is 3. The predicted octanol–water partition coefficient (Wildman–Crippen LogP) is -0.388. The second kappa shape index (κ2) is 7.06. The molecule has 4 N–H and O–H groups in total. The molecule has 1 unspecified atom stereocenters. The number of primary amides is 1. The molecule has 0 aromatic carbocycles. The molecule has 0 saturated heterocycles. The van der Waals surface area contributed by atoms with Gasteiger partial charge in [0.05, 0.1) is 6.10 Å². The summed E-state index contributed by atoms with van der Waals surface area (Å²) in [6.07, 6.45) is 1.80. The lowest BCUT2D eigenvalue weighted by atomic mass is 10.2. The molecule has 0 saturated carbocycles. The van der Waals surface area contributed by atoms with Crippen LogP contribution in [0, 0.1) is 0 Å². The summed E-state index contributed by atoms with van der Waals surface area (Å²) in [5.74, 6) is -0.313. The number of carbonyl (C=O) groups excluding carboxylic acids is 1. The third kappa shape index (κ3) is 7.50. The van der Waals surface area contributed by atoms with Crippen molar-refractivity contribution in [3.8, 4) is 0 Å². The molecule has 0 heterocycles. The predicted molar refractivity (Wildman–Crippen MR) is 47.6 cm³/mol. The molecule has 4 heteroatoms. The molecule has 0 aliphatic carbocycles. The van der Waals surface area contributed by atoms with Crippen molar-refractivity contribution in [2.24, 2.45) is 5.73 Å². The second-order valence-corrected chi connectivity index (χ2v) is 2.86. The first-order chi connectivity index (χ1) is 5.66. The average molecular weight is 174 g/mol. The van der Waals surface area contributed by atoms with E-state index in [-0.39, 0.29) is 12.0 Å². The van der Waals surface area contributed by atoms with Crippen LogP contribution in [0.15, 0.2) is 0 Å². The summed E-state index contributed by atoms with van der Waals surface area (Å²) in [5, 5.41) is 12.2. The fraction of sp³-hybridized carbons (Fsp3) is 0.875. The molecule has 12 heavy (non-hydrogen) atoms. The molecule has 0 fully saturated rings. The van der Waals surface area contributed by atoms with Gasteiger partial charge >= 0.3 is 0 Å². The quantitative estimate of drug-likeness (QED) is 0.460. The summed E-state index contributed by atoms with van der Waals surface area (Å²) in [7, 11) is 0. The van der Waals surface area contributed by atoms with Crippen LogP contribution in [0.5, 0.6) is 0 Å². The van der Waals surface area contributed by atoms with Crippen molar-refractivity contribution in [1.29, 1.82) is 0 Å². The van der Waals surface area contributed by atoms with Crippen molar-refractivity contribution >= 4 is 5.91 Å². The standard InChI is InChI=1S/C8H18N2O2/c1-2-3-7(11)6-10-5-4-8(9)12/h7,10-11H,2-6H2,1H3,(H2,9,12). The summed E-state index contributed by atoms with van der Waals surface area (Å²) in [4.78, 5) is 10.3. The van der Waals surface area contributed by atoms with Crippen LogP contribution < -0.4 is 11.1 Å². The van der Waals surface area contributed by atoms with E-state index in [1.165, 1.54) is 0 Å². The van der Waals surface area contributed by atoms with Crippen molar-refractivity contribution in [2.45, 2.75) is 32.3 Å².